The van der Waals surface area contributed by atoms with E-state index < -0.39 is 0 Å². The fourth-order valence-electron chi connectivity index (χ4n) is 2.31. The van der Waals surface area contributed by atoms with Crippen LogP contribution in [0.15, 0.2) is 18.2 Å². The lowest BCUT2D eigenvalue weighted by Gasteiger charge is -2.09. The van der Waals surface area contributed by atoms with Gasteiger partial charge >= 0.3 is 0 Å². The van der Waals surface area contributed by atoms with E-state index in [2.05, 4.69) is 23.5 Å². The topological polar surface area (TPSA) is 21.3 Å². The van der Waals surface area contributed by atoms with Gasteiger partial charge < -0.3 is 10.1 Å². The average Bonchev–Trinajstić information content (AvgIpc) is 2.44. The summed E-state index contributed by atoms with van der Waals surface area (Å²) in [5.74, 6) is 0. The van der Waals surface area contributed by atoms with E-state index in [9.17, 15) is 0 Å². The second kappa shape index (κ2) is 2.82. The minimum absolute atomic E-state index is 0.314. The molecule has 0 aliphatic carbocycles. The summed E-state index contributed by atoms with van der Waals surface area (Å²) in [5.41, 5.74) is 4.34. The van der Waals surface area contributed by atoms with Crippen LogP contribution in [0.25, 0.3) is 0 Å². The molecule has 1 atom stereocenters. The maximum absolute atomic E-state index is 5.72. The van der Waals surface area contributed by atoms with Crippen molar-refractivity contribution in [2.75, 3.05) is 13.1 Å². The zero-order valence-electron chi connectivity index (χ0n) is 7.55. The van der Waals surface area contributed by atoms with Gasteiger partial charge in [-0.2, -0.15) is 0 Å². The molecule has 0 spiro atoms. The van der Waals surface area contributed by atoms with Gasteiger partial charge in [0, 0.05) is 6.54 Å². The number of benzene rings is 1. The third-order valence-electron chi connectivity index (χ3n) is 2.95. The lowest BCUT2D eigenvalue weighted by molar-refractivity contribution is 0.0674. The second-order valence-corrected chi connectivity index (χ2v) is 3.74. The fraction of sp³-hybridized carbons (Fsp3) is 0.455. The van der Waals surface area contributed by atoms with Crippen LogP contribution in [0.3, 0.4) is 0 Å². The van der Waals surface area contributed by atoms with Crippen LogP contribution in [0, 0.1) is 0 Å². The Labute approximate surface area is 77.9 Å². The largest absolute Gasteiger partial charge is 0.367 e. The summed E-state index contributed by atoms with van der Waals surface area (Å²) in [6.07, 6.45) is 1.46. The summed E-state index contributed by atoms with van der Waals surface area (Å²) >= 11 is 0. The molecule has 0 fully saturated rings. The Hall–Kier alpha value is -0.860. The van der Waals surface area contributed by atoms with Gasteiger partial charge in [-0.3, -0.25) is 0 Å². The maximum Gasteiger partial charge on any atom is 0.0959 e. The summed E-state index contributed by atoms with van der Waals surface area (Å²) in [6.45, 7) is 2.86. The van der Waals surface area contributed by atoms with E-state index in [0.29, 0.717) is 6.10 Å². The van der Waals surface area contributed by atoms with Gasteiger partial charge in [0.15, 0.2) is 0 Å². The molecular weight excluding hydrogens is 162 g/mol. The Kier molecular flexibility index (Phi) is 1.64. The van der Waals surface area contributed by atoms with E-state index in [1.807, 2.05) is 0 Å². The predicted molar refractivity (Wildman–Crippen MR) is 50.5 cm³/mol. The van der Waals surface area contributed by atoms with Crippen LogP contribution in [-0.2, 0) is 17.8 Å². The lowest BCUT2D eigenvalue weighted by atomic mass is 9.98. The molecule has 0 aromatic heterocycles. The van der Waals surface area contributed by atoms with Gasteiger partial charge in [-0.05, 0) is 29.7 Å². The highest BCUT2D eigenvalue weighted by atomic mass is 16.5. The molecule has 0 radical (unpaired) electrons. The first kappa shape index (κ1) is 7.54. The monoisotopic (exact) mass is 175 g/mol. The van der Waals surface area contributed by atoms with Crippen molar-refractivity contribution in [2.45, 2.75) is 19.1 Å². The summed E-state index contributed by atoms with van der Waals surface area (Å²) in [6, 6.07) is 6.56. The normalized spacial score (nSPS) is 25.4. The average molecular weight is 175 g/mol. The minimum Gasteiger partial charge on any atom is -0.367 e. The van der Waals surface area contributed by atoms with Crippen molar-refractivity contribution in [3.8, 4) is 0 Å². The molecule has 2 nitrogen and oxygen atoms in total. The molecule has 1 N–H and O–H groups in total. The molecule has 1 unspecified atom stereocenters. The molecule has 68 valence electrons. The van der Waals surface area contributed by atoms with Crippen molar-refractivity contribution in [1.29, 1.82) is 0 Å². The van der Waals surface area contributed by atoms with Crippen molar-refractivity contribution in [1.82, 2.24) is 5.32 Å². The zero-order valence-corrected chi connectivity index (χ0v) is 7.55. The van der Waals surface area contributed by atoms with Gasteiger partial charge in [-0.25, -0.2) is 0 Å². The van der Waals surface area contributed by atoms with Crippen LogP contribution < -0.4 is 5.32 Å². The van der Waals surface area contributed by atoms with Gasteiger partial charge in [0.2, 0.25) is 0 Å². The molecule has 0 bridgehead atoms. The smallest absolute Gasteiger partial charge is 0.0959 e. The number of hydrogen-bond acceptors (Lipinski definition) is 2. The quantitative estimate of drug-likeness (QED) is 0.643. The van der Waals surface area contributed by atoms with E-state index in [0.717, 1.165) is 26.1 Å². The second-order valence-electron chi connectivity index (χ2n) is 3.74. The van der Waals surface area contributed by atoms with E-state index in [1.54, 1.807) is 0 Å². The number of hydrogen-bond donors (Lipinski definition) is 1. The first-order valence-electron chi connectivity index (χ1n) is 4.88. The third kappa shape index (κ3) is 1.10. The van der Waals surface area contributed by atoms with Gasteiger partial charge in [0.25, 0.3) is 0 Å². The number of ether oxygens (including phenoxy) is 1. The third-order valence-corrected chi connectivity index (χ3v) is 2.95. The fourth-order valence-corrected chi connectivity index (χ4v) is 2.31. The molecule has 0 saturated carbocycles. The molecule has 13 heavy (non-hydrogen) atoms. The zero-order chi connectivity index (χ0) is 8.67. The highest BCUT2D eigenvalue weighted by Gasteiger charge is 2.26. The number of rotatable bonds is 0. The Morgan fingerprint density at radius 3 is 3.23 bits per heavy atom. The van der Waals surface area contributed by atoms with E-state index in [-0.39, 0.29) is 0 Å². The van der Waals surface area contributed by atoms with Crippen LogP contribution in [0.5, 0.6) is 0 Å². The summed E-state index contributed by atoms with van der Waals surface area (Å²) in [5, 5.41) is 3.40. The molecule has 2 heterocycles. The summed E-state index contributed by atoms with van der Waals surface area (Å²) in [7, 11) is 0. The standard InChI is InChI=1S/C11H13NO/c1-2-8-4-5-12-6-10-11(8)9(3-1)7-13-10/h1-3,10,12H,4-7H2. The molecule has 2 heteroatoms. The molecule has 2 aliphatic rings. The molecule has 0 saturated heterocycles. The maximum atomic E-state index is 5.72. The molecule has 0 amide bonds. The molecular formula is C11H13NO. The van der Waals surface area contributed by atoms with Crippen LogP contribution in [0.2, 0.25) is 0 Å². The molecule has 1 aromatic rings. The predicted octanol–water partition coefficient (Wildman–Crippen LogP) is 1.40. The summed E-state index contributed by atoms with van der Waals surface area (Å²) in [4.78, 5) is 0. The van der Waals surface area contributed by atoms with Crippen molar-refractivity contribution in [3.63, 3.8) is 0 Å². The minimum atomic E-state index is 0.314. The molecule has 1 aromatic carbocycles. The molecule has 3 rings (SSSR count). The summed E-state index contributed by atoms with van der Waals surface area (Å²) < 4.78 is 5.72. The van der Waals surface area contributed by atoms with Crippen molar-refractivity contribution >= 4 is 0 Å². The first-order valence-corrected chi connectivity index (χ1v) is 4.88. The van der Waals surface area contributed by atoms with Crippen molar-refractivity contribution < 1.29 is 4.74 Å². The Morgan fingerprint density at radius 2 is 2.23 bits per heavy atom. The highest BCUT2D eigenvalue weighted by Crippen LogP contribution is 2.34. The molecule has 2 aliphatic heterocycles. The van der Waals surface area contributed by atoms with Gasteiger partial charge in [-0.15, -0.1) is 0 Å². The lowest BCUT2D eigenvalue weighted by Crippen LogP contribution is -2.19. The van der Waals surface area contributed by atoms with E-state index >= 15 is 0 Å². The van der Waals surface area contributed by atoms with Gasteiger partial charge in [0.05, 0.1) is 12.7 Å². The van der Waals surface area contributed by atoms with Crippen LogP contribution in [-0.4, -0.2) is 13.1 Å². The highest BCUT2D eigenvalue weighted by molar-refractivity contribution is 5.40. The Balaban J connectivity index is 2.16. The van der Waals surface area contributed by atoms with Crippen molar-refractivity contribution in [3.05, 3.63) is 34.9 Å². The van der Waals surface area contributed by atoms with Gasteiger partial charge in [-0.1, -0.05) is 18.2 Å². The Bertz CT molecular complexity index is 335. The number of nitrogens with one attached hydrogen (secondary N) is 1. The first-order chi connectivity index (χ1) is 6.45. The SMILES string of the molecule is c1cc2c3c(c1)COC3CNCC2. The van der Waals surface area contributed by atoms with E-state index in [1.165, 1.54) is 16.7 Å². The van der Waals surface area contributed by atoms with E-state index in [4.69, 9.17) is 4.74 Å². The van der Waals surface area contributed by atoms with Crippen LogP contribution in [0.1, 0.15) is 22.8 Å². The van der Waals surface area contributed by atoms with Crippen LogP contribution >= 0.6 is 0 Å². The van der Waals surface area contributed by atoms with Crippen LogP contribution in [0.4, 0.5) is 0 Å². The Morgan fingerprint density at radius 1 is 1.31 bits per heavy atom. The van der Waals surface area contributed by atoms with Gasteiger partial charge in [0.1, 0.15) is 0 Å². The van der Waals surface area contributed by atoms with Crippen molar-refractivity contribution in [2.24, 2.45) is 0 Å².